The lowest BCUT2D eigenvalue weighted by Crippen LogP contribution is -2.46. The van der Waals surface area contributed by atoms with Gasteiger partial charge in [-0.3, -0.25) is 0 Å². The minimum absolute atomic E-state index is 0. The van der Waals surface area contributed by atoms with Crippen LogP contribution < -0.4 is 15.1 Å². The summed E-state index contributed by atoms with van der Waals surface area (Å²) in [6.07, 6.45) is 12.3. The average Bonchev–Trinajstić information content (AvgIpc) is 3.23. The van der Waals surface area contributed by atoms with Gasteiger partial charge >= 0.3 is 0 Å². The van der Waals surface area contributed by atoms with E-state index in [0.29, 0.717) is 6.04 Å². The Balaban J connectivity index is 0.00000196. The Hall–Kier alpha value is -1.99. The van der Waals surface area contributed by atoms with Crippen molar-refractivity contribution >= 4 is 24.3 Å². The molecule has 0 spiro atoms. The number of anilines is 2. The highest BCUT2D eigenvalue weighted by atomic mass is 35.5. The van der Waals surface area contributed by atoms with E-state index in [1.54, 1.807) is 12.4 Å². The molecule has 0 amide bonds. The molecule has 2 aliphatic heterocycles. The predicted molar refractivity (Wildman–Crippen MR) is 105 cm³/mol. The van der Waals surface area contributed by atoms with Crippen LogP contribution in [0.3, 0.4) is 0 Å². The fourth-order valence-corrected chi connectivity index (χ4v) is 3.56. The van der Waals surface area contributed by atoms with Gasteiger partial charge in [-0.2, -0.15) is 0 Å². The Morgan fingerprint density at radius 1 is 0.885 bits per heavy atom. The molecular formula is C18H26ClN7. The summed E-state index contributed by atoms with van der Waals surface area (Å²) in [6.45, 7) is 4.93. The van der Waals surface area contributed by atoms with E-state index in [4.69, 9.17) is 0 Å². The van der Waals surface area contributed by atoms with Gasteiger partial charge in [0.05, 0.1) is 0 Å². The molecule has 7 nitrogen and oxygen atoms in total. The van der Waals surface area contributed by atoms with E-state index in [1.165, 1.54) is 19.3 Å². The SMILES string of the molecule is Cl.c1cnc(N2CCCC(NCc3cnc(N4CCCC4)nc3)C2)nc1. The summed E-state index contributed by atoms with van der Waals surface area (Å²) in [4.78, 5) is 22.3. The normalized spacial score (nSPS) is 20.1. The van der Waals surface area contributed by atoms with Gasteiger partial charge in [0.1, 0.15) is 0 Å². The second kappa shape index (κ2) is 9.09. The second-order valence-electron chi connectivity index (χ2n) is 6.80. The van der Waals surface area contributed by atoms with Crippen LogP contribution in [0, 0.1) is 0 Å². The standard InChI is InChI=1S/C18H25N7.ClH/c1-2-9-24(8-1)18-22-12-15(13-23-18)11-21-16-5-3-10-25(14-16)17-19-6-4-7-20-17;/h4,6-7,12-13,16,21H,1-3,5,8-11,14H2;1H. The number of aromatic nitrogens is 4. The summed E-state index contributed by atoms with van der Waals surface area (Å²) in [5, 5.41) is 3.64. The molecule has 0 aromatic carbocycles. The third-order valence-corrected chi connectivity index (χ3v) is 4.93. The van der Waals surface area contributed by atoms with E-state index >= 15 is 0 Å². The number of rotatable bonds is 5. The van der Waals surface area contributed by atoms with Crippen LogP contribution in [-0.2, 0) is 6.54 Å². The summed E-state index contributed by atoms with van der Waals surface area (Å²) < 4.78 is 0. The second-order valence-corrected chi connectivity index (χ2v) is 6.80. The van der Waals surface area contributed by atoms with Crippen molar-refractivity contribution in [3.8, 4) is 0 Å². The Morgan fingerprint density at radius 3 is 2.27 bits per heavy atom. The first-order chi connectivity index (χ1) is 12.4. The molecule has 2 aliphatic rings. The first-order valence-corrected chi connectivity index (χ1v) is 9.20. The highest BCUT2D eigenvalue weighted by Crippen LogP contribution is 2.17. The van der Waals surface area contributed by atoms with Crippen molar-refractivity contribution in [2.45, 2.75) is 38.3 Å². The van der Waals surface area contributed by atoms with Crippen molar-refractivity contribution < 1.29 is 0 Å². The number of nitrogens with zero attached hydrogens (tertiary/aromatic N) is 6. The smallest absolute Gasteiger partial charge is 0.225 e. The van der Waals surface area contributed by atoms with Crippen LogP contribution in [0.25, 0.3) is 0 Å². The van der Waals surface area contributed by atoms with Crippen LogP contribution in [0.2, 0.25) is 0 Å². The Morgan fingerprint density at radius 2 is 1.54 bits per heavy atom. The summed E-state index contributed by atoms with van der Waals surface area (Å²) in [6, 6.07) is 2.30. The van der Waals surface area contributed by atoms with Crippen LogP contribution in [-0.4, -0.2) is 52.2 Å². The van der Waals surface area contributed by atoms with Crippen LogP contribution in [0.1, 0.15) is 31.2 Å². The molecule has 2 saturated heterocycles. The van der Waals surface area contributed by atoms with E-state index in [-0.39, 0.29) is 12.4 Å². The maximum Gasteiger partial charge on any atom is 0.225 e. The summed E-state index contributed by atoms with van der Waals surface area (Å²) in [5.74, 6) is 1.69. The molecule has 0 aliphatic carbocycles. The quantitative estimate of drug-likeness (QED) is 0.857. The fraction of sp³-hybridized carbons (Fsp3) is 0.556. The van der Waals surface area contributed by atoms with Gasteiger partial charge in [-0.05, 0) is 31.7 Å². The molecular weight excluding hydrogens is 350 g/mol. The molecule has 140 valence electrons. The lowest BCUT2D eigenvalue weighted by molar-refractivity contribution is 0.418. The summed E-state index contributed by atoms with van der Waals surface area (Å²) in [7, 11) is 0. The molecule has 0 saturated carbocycles. The third kappa shape index (κ3) is 4.59. The molecule has 4 rings (SSSR count). The Bertz CT molecular complexity index is 661. The van der Waals surface area contributed by atoms with E-state index in [0.717, 1.165) is 56.6 Å². The number of piperidine rings is 1. The fourth-order valence-electron chi connectivity index (χ4n) is 3.56. The zero-order valence-corrected chi connectivity index (χ0v) is 15.7. The maximum atomic E-state index is 4.53. The van der Waals surface area contributed by atoms with Crippen LogP contribution in [0.15, 0.2) is 30.9 Å². The van der Waals surface area contributed by atoms with Crippen molar-refractivity contribution in [2.75, 3.05) is 36.0 Å². The minimum atomic E-state index is 0. The first-order valence-electron chi connectivity index (χ1n) is 9.20. The van der Waals surface area contributed by atoms with Crippen molar-refractivity contribution in [1.29, 1.82) is 0 Å². The minimum Gasteiger partial charge on any atom is -0.341 e. The van der Waals surface area contributed by atoms with E-state index in [2.05, 4.69) is 35.1 Å². The lowest BCUT2D eigenvalue weighted by atomic mass is 10.1. The number of hydrogen-bond acceptors (Lipinski definition) is 7. The summed E-state index contributed by atoms with van der Waals surface area (Å²) in [5.41, 5.74) is 1.14. The van der Waals surface area contributed by atoms with Crippen molar-refractivity contribution in [1.82, 2.24) is 25.3 Å². The molecule has 1 N–H and O–H groups in total. The molecule has 1 unspecified atom stereocenters. The van der Waals surface area contributed by atoms with Gasteiger partial charge in [-0.1, -0.05) is 0 Å². The van der Waals surface area contributed by atoms with Gasteiger partial charge in [0.2, 0.25) is 11.9 Å². The van der Waals surface area contributed by atoms with E-state index in [1.807, 2.05) is 18.5 Å². The highest BCUT2D eigenvalue weighted by Gasteiger charge is 2.21. The molecule has 2 fully saturated rings. The molecule has 8 heteroatoms. The summed E-state index contributed by atoms with van der Waals surface area (Å²) >= 11 is 0. The van der Waals surface area contributed by atoms with E-state index in [9.17, 15) is 0 Å². The molecule has 4 heterocycles. The van der Waals surface area contributed by atoms with Crippen molar-refractivity contribution in [3.63, 3.8) is 0 Å². The molecule has 2 aromatic heterocycles. The maximum absolute atomic E-state index is 4.53. The first kappa shape index (κ1) is 18.8. The molecule has 1 atom stereocenters. The molecule has 0 bridgehead atoms. The monoisotopic (exact) mass is 375 g/mol. The highest BCUT2D eigenvalue weighted by molar-refractivity contribution is 5.85. The predicted octanol–water partition coefficient (Wildman–Crippen LogP) is 2.05. The number of hydrogen-bond donors (Lipinski definition) is 1. The van der Waals surface area contributed by atoms with Crippen molar-refractivity contribution in [2.24, 2.45) is 0 Å². The topological polar surface area (TPSA) is 70.1 Å². The Labute approximate surface area is 160 Å². The van der Waals surface area contributed by atoms with Gasteiger partial charge in [0.15, 0.2) is 0 Å². The Kier molecular flexibility index (Phi) is 6.57. The van der Waals surface area contributed by atoms with Gasteiger partial charge in [-0.25, -0.2) is 19.9 Å². The molecule has 2 aromatic rings. The average molecular weight is 376 g/mol. The lowest BCUT2D eigenvalue weighted by Gasteiger charge is -2.33. The number of halogens is 1. The largest absolute Gasteiger partial charge is 0.341 e. The van der Waals surface area contributed by atoms with Crippen molar-refractivity contribution in [3.05, 3.63) is 36.4 Å². The van der Waals surface area contributed by atoms with Gasteiger partial charge in [0, 0.05) is 69.1 Å². The van der Waals surface area contributed by atoms with Gasteiger partial charge in [0.25, 0.3) is 0 Å². The molecule has 26 heavy (non-hydrogen) atoms. The third-order valence-electron chi connectivity index (χ3n) is 4.93. The zero-order chi connectivity index (χ0) is 16.9. The van der Waals surface area contributed by atoms with Gasteiger partial charge in [-0.15, -0.1) is 12.4 Å². The van der Waals surface area contributed by atoms with Crippen LogP contribution in [0.5, 0.6) is 0 Å². The van der Waals surface area contributed by atoms with Crippen LogP contribution >= 0.6 is 12.4 Å². The van der Waals surface area contributed by atoms with Gasteiger partial charge < -0.3 is 15.1 Å². The van der Waals surface area contributed by atoms with E-state index < -0.39 is 0 Å². The molecule has 0 radical (unpaired) electrons. The zero-order valence-electron chi connectivity index (χ0n) is 14.9. The number of nitrogens with one attached hydrogen (secondary N) is 1. The van der Waals surface area contributed by atoms with Crippen LogP contribution in [0.4, 0.5) is 11.9 Å².